The van der Waals surface area contributed by atoms with Crippen LogP contribution in [0.5, 0.6) is 0 Å². The van der Waals surface area contributed by atoms with Crippen LogP contribution in [0.3, 0.4) is 0 Å². The van der Waals surface area contributed by atoms with Crippen molar-refractivity contribution in [2.75, 3.05) is 6.54 Å². The van der Waals surface area contributed by atoms with Gasteiger partial charge in [0.1, 0.15) is 23.7 Å². The molecule has 4 bridgehead atoms. The van der Waals surface area contributed by atoms with E-state index in [0.717, 1.165) is 40.9 Å². The van der Waals surface area contributed by atoms with Gasteiger partial charge in [0, 0.05) is 25.4 Å². The van der Waals surface area contributed by atoms with Gasteiger partial charge in [-0.25, -0.2) is 13.2 Å². The molecule has 2 saturated carbocycles. The highest BCUT2D eigenvalue weighted by molar-refractivity contribution is 7.91. The molecule has 3 heterocycles. The fourth-order valence-electron chi connectivity index (χ4n) is 7.77. The van der Waals surface area contributed by atoms with Crippen molar-refractivity contribution in [3.63, 3.8) is 0 Å². The number of aryl methyl sites for hydroxylation is 1. The molecular weight excluding hydrogens is 703 g/mol. The van der Waals surface area contributed by atoms with Gasteiger partial charge in [-0.15, -0.1) is 6.58 Å². The van der Waals surface area contributed by atoms with Crippen molar-refractivity contribution >= 4 is 33.8 Å². The number of hydrogen-bond donors (Lipinski definition) is 3. The number of alkyl halides is 3. The second kappa shape index (κ2) is 14.6. The number of carbonyl (C=O) groups excluding carboxylic acids is 4. The standard InChI is InChI=1S/C36H48F3N5O7S/c1-4-24-17-35(24,33(47)42-52(49,50)26-14-15-26)41-31(45)28-16-25-19-44(28)32(46)30(21(2)3)40-29(36(37,38)39)13-8-6-5-7-10-22-11-9-12-23-18-43(20-27(22)23)34(48)51-25/h4,9,11-12,21,24-26,28-30,40H,1,5-8,10,13-20H2,2-3H3,(H,41,45)(H,42,47)/t24-,25+,28-,29?,30-,35+/m0/s1. The highest BCUT2D eigenvalue weighted by Gasteiger charge is 2.62. The van der Waals surface area contributed by atoms with E-state index < -0.39 is 86.9 Å². The first kappa shape index (κ1) is 38.1. The van der Waals surface area contributed by atoms with Gasteiger partial charge in [0.2, 0.25) is 21.8 Å². The average Bonchev–Trinajstić information content (AvgIpc) is 3.96. The van der Waals surface area contributed by atoms with E-state index in [9.17, 15) is 40.8 Å². The molecule has 3 aliphatic heterocycles. The highest BCUT2D eigenvalue weighted by atomic mass is 32.2. The summed E-state index contributed by atoms with van der Waals surface area (Å²) in [5.41, 5.74) is 1.44. The number of hydrogen-bond acceptors (Lipinski definition) is 8. The van der Waals surface area contributed by atoms with Crippen LogP contribution in [0.15, 0.2) is 30.9 Å². The molecule has 3 N–H and O–H groups in total. The van der Waals surface area contributed by atoms with E-state index in [4.69, 9.17) is 4.74 Å². The molecule has 16 heteroatoms. The summed E-state index contributed by atoms with van der Waals surface area (Å²) in [6, 6.07) is 1.22. The predicted octanol–water partition coefficient (Wildman–Crippen LogP) is 3.83. The molecule has 4 amide bonds. The summed E-state index contributed by atoms with van der Waals surface area (Å²) in [7, 11) is -3.95. The Morgan fingerprint density at radius 3 is 2.44 bits per heavy atom. The number of fused-ring (bicyclic) bond motifs is 3. The van der Waals surface area contributed by atoms with Crippen molar-refractivity contribution in [3.8, 4) is 0 Å². The van der Waals surface area contributed by atoms with Crippen LogP contribution in [0.25, 0.3) is 0 Å². The lowest BCUT2D eigenvalue weighted by Gasteiger charge is -2.34. The fraction of sp³-hybridized carbons (Fsp3) is 0.667. The van der Waals surface area contributed by atoms with Gasteiger partial charge in [-0.3, -0.25) is 29.3 Å². The molecule has 1 unspecified atom stereocenters. The molecule has 286 valence electrons. The lowest BCUT2D eigenvalue weighted by atomic mass is 9.97. The zero-order valence-electron chi connectivity index (χ0n) is 29.5. The predicted molar refractivity (Wildman–Crippen MR) is 184 cm³/mol. The van der Waals surface area contributed by atoms with E-state index in [1.165, 1.54) is 6.08 Å². The second-order valence-corrected chi connectivity index (χ2v) is 17.2. The van der Waals surface area contributed by atoms with Crippen molar-refractivity contribution in [2.45, 2.75) is 132 Å². The van der Waals surface area contributed by atoms with Gasteiger partial charge in [0.15, 0.2) is 0 Å². The van der Waals surface area contributed by atoms with E-state index in [2.05, 4.69) is 21.9 Å². The van der Waals surface area contributed by atoms with E-state index in [1.807, 2.05) is 18.2 Å². The smallest absolute Gasteiger partial charge is 0.410 e. The minimum atomic E-state index is -4.64. The van der Waals surface area contributed by atoms with Crippen LogP contribution in [-0.2, 0) is 48.7 Å². The molecule has 0 spiro atoms. The summed E-state index contributed by atoms with van der Waals surface area (Å²) < 4.78 is 76.4. The van der Waals surface area contributed by atoms with Crippen LogP contribution in [0.1, 0.15) is 88.3 Å². The molecule has 0 radical (unpaired) electrons. The third kappa shape index (κ3) is 7.97. The molecule has 3 fully saturated rings. The Bertz CT molecular complexity index is 1700. The van der Waals surface area contributed by atoms with Crippen molar-refractivity contribution in [1.82, 2.24) is 25.2 Å². The van der Waals surface area contributed by atoms with Crippen LogP contribution < -0.4 is 15.4 Å². The third-order valence-corrected chi connectivity index (χ3v) is 12.9. The molecule has 6 rings (SSSR count). The van der Waals surface area contributed by atoms with E-state index in [1.54, 1.807) is 18.7 Å². The highest BCUT2D eigenvalue weighted by Crippen LogP contribution is 2.45. The van der Waals surface area contributed by atoms with E-state index >= 15 is 0 Å². The maximum absolute atomic E-state index is 14.4. The molecular formula is C36H48F3N5O7S. The monoisotopic (exact) mass is 751 g/mol. The largest absolute Gasteiger partial charge is 0.444 e. The summed E-state index contributed by atoms with van der Waals surface area (Å²) in [6.45, 7) is 7.30. The van der Waals surface area contributed by atoms with E-state index in [0.29, 0.717) is 38.8 Å². The summed E-state index contributed by atoms with van der Waals surface area (Å²) in [5, 5.41) is 4.54. The maximum Gasteiger partial charge on any atom is 0.410 e. The molecule has 6 atom stereocenters. The van der Waals surface area contributed by atoms with Gasteiger partial charge >= 0.3 is 12.3 Å². The quantitative estimate of drug-likeness (QED) is 0.356. The first-order valence-corrected chi connectivity index (χ1v) is 19.8. The van der Waals surface area contributed by atoms with Crippen LogP contribution in [0, 0.1) is 11.8 Å². The lowest BCUT2D eigenvalue weighted by Crippen LogP contribution is -2.60. The van der Waals surface area contributed by atoms with Crippen LogP contribution in [0.2, 0.25) is 0 Å². The number of ether oxygens (including phenoxy) is 1. The Morgan fingerprint density at radius 2 is 1.79 bits per heavy atom. The molecule has 12 nitrogen and oxygen atoms in total. The summed E-state index contributed by atoms with van der Waals surface area (Å²) in [5.74, 6) is -3.73. The molecule has 0 aromatic heterocycles. The van der Waals surface area contributed by atoms with Crippen LogP contribution in [-0.4, -0.2) is 89.8 Å². The number of amides is 4. The number of nitrogens with zero attached hydrogens (tertiary/aromatic N) is 2. The Balaban J connectivity index is 1.28. The first-order valence-electron chi connectivity index (χ1n) is 18.2. The molecule has 2 aliphatic carbocycles. The number of nitrogens with one attached hydrogen (secondary N) is 3. The zero-order chi connectivity index (χ0) is 37.6. The molecule has 5 aliphatic rings. The Kier molecular flexibility index (Phi) is 10.7. The molecule has 1 saturated heterocycles. The Hall–Kier alpha value is -3.66. The third-order valence-electron chi connectivity index (χ3n) is 11.1. The summed E-state index contributed by atoms with van der Waals surface area (Å²) in [6.07, 6.45) is -1.28. The van der Waals surface area contributed by atoms with E-state index in [-0.39, 0.29) is 25.8 Å². The number of benzene rings is 1. The summed E-state index contributed by atoms with van der Waals surface area (Å²) >= 11 is 0. The lowest BCUT2D eigenvalue weighted by molar-refractivity contribution is -0.163. The first-order chi connectivity index (χ1) is 24.5. The molecule has 1 aromatic rings. The Morgan fingerprint density at radius 1 is 1.08 bits per heavy atom. The second-order valence-electron chi connectivity index (χ2n) is 15.3. The normalized spacial score (nSPS) is 30.2. The number of carbonyl (C=O) groups is 4. The Labute approximate surface area is 302 Å². The zero-order valence-corrected chi connectivity index (χ0v) is 30.4. The molecule has 1 aromatic carbocycles. The minimum absolute atomic E-state index is 0.0638. The van der Waals surface area contributed by atoms with Crippen molar-refractivity contribution in [1.29, 1.82) is 0 Å². The van der Waals surface area contributed by atoms with Gasteiger partial charge in [0.05, 0.1) is 17.8 Å². The van der Waals surface area contributed by atoms with Gasteiger partial charge in [-0.05, 0) is 61.1 Å². The van der Waals surface area contributed by atoms with Crippen molar-refractivity contribution < 1.29 is 45.5 Å². The van der Waals surface area contributed by atoms with Gasteiger partial charge < -0.3 is 15.0 Å². The molecule has 52 heavy (non-hydrogen) atoms. The topological polar surface area (TPSA) is 154 Å². The number of rotatable bonds is 7. The van der Waals surface area contributed by atoms with Gasteiger partial charge in [-0.1, -0.05) is 57.4 Å². The van der Waals surface area contributed by atoms with Crippen molar-refractivity contribution in [2.24, 2.45) is 11.8 Å². The fourth-order valence-corrected chi connectivity index (χ4v) is 9.13. The van der Waals surface area contributed by atoms with Gasteiger partial charge in [0.25, 0.3) is 5.91 Å². The SMILES string of the molecule is C=C[C@H]1C[C@]1(NC(=O)[C@@H]1C[C@@H]2CN1C(=O)[C@H](C(C)C)NC(C(F)(F)F)CCCCCCc1cccc3c1CN(C3)C(=O)O2)C(=O)NS(=O)(=O)C1CC1. The number of sulfonamides is 1. The van der Waals surface area contributed by atoms with Crippen LogP contribution >= 0.6 is 0 Å². The average molecular weight is 752 g/mol. The number of halogens is 3. The maximum atomic E-state index is 14.4. The minimum Gasteiger partial charge on any atom is -0.444 e. The van der Waals surface area contributed by atoms with Gasteiger partial charge in [-0.2, -0.15) is 13.2 Å². The van der Waals surface area contributed by atoms with Crippen LogP contribution in [0.4, 0.5) is 18.0 Å². The van der Waals surface area contributed by atoms with Crippen molar-refractivity contribution in [3.05, 3.63) is 47.5 Å². The summed E-state index contributed by atoms with van der Waals surface area (Å²) in [4.78, 5) is 58.0.